The van der Waals surface area contributed by atoms with Crippen LogP contribution in [0.4, 0.5) is 0 Å². The fourth-order valence-corrected chi connectivity index (χ4v) is 3.72. The van der Waals surface area contributed by atoms with Crippen molar-refractivity contribution in [2.75, 3.05) is 0 Å². The Labute approximate surface area is 131 Å². The molecule has 1 heteroatoms. The van der Waals surface area contributed by atoms with Gasteiger partial charge in [-0.05, 0) is 41.7 Å². The van der Waals surface area contributed by atoms with Crippen molar-refractivity contribution in [3.05, 3.63) is 35.4 Å². The van der Waals surface area contributed by atoms with Gasteiger partial charge in [0.2, 0.25) is 0 Å². The van der Waals surface area contributed by atoms with Gasteiger partial charge in [-0.1, -0.05) is 77.6 Å². The third-order valence-corrected chi connectivity index (χ3v) is 5.26. The average molecular weight is 287 g/mol. The minimum Gasteiger partial charge on any atom is -0.321 e. The summed E-state index contributed by atoms with van der Waals surface area (Å²) >= 11 is 0. The summed E-state index contributed by atoms with van der Waals surface area (Å²) < 4.78 is 0. The molecule has 1 fully saturated rings. The number of nitrogens with two attached hydrogens (primary N) is 1. The molecular formula is C20H33N. The molecule has 0 saturated heterocycles. The van der Waals surface area contributed by atoms with Crippen molar-refractivity contribution in [1.29, 1.82) is 0 Å². The fourth-order valence-electron chi connectivity index (χ4n) is 3.72. The van der Waals surface area contributed by atoms with Crippen LogP contribution in [0.2, 0.25) is 0 Å². The maximum atomic E-state index is 6.80. The predicted octanol–water partition coefficient (Wildman–Crippen LogP) is 5.52. The molecule has 2 unspecified atom stereocenters. The van der Waals surface area contributed by atoms with E-state index in [1.807, 2.05) is 0 Å². The number of rotatable bonds is 3. The average Bonchev–Trinajstić information content (AvgIpc) is 2.62. The molecule has 21 heavy (non-hydrogen) atoms. The maximum absolute atomic E-state index is 6.80. The highest BCUT2D eigenvalue weighted by Gasteiger charge is 2.31. The van der Waals surface area contributed by atoms with Crippen molar-refractivity contribution >= 4 is 0 Å². The standard InChI is InChI=1S/C20H33N/c1-5-7-16-8-6-14-20(21,15-13-16)18-11-9-17(10-12-18)19(2,3)4/h9-12,16H,5-8,13-15,21H2,1-4H3. The van der Waals surface area contributed by atoms with Gasteiger partial charge in [0.15, 0.2) is 0 Å². The third-order valence-electron chi connectivity index (χ3n) is 5.26. The van der Waals surface area contributed by atoms with Gasteiger partial charge in [0, 0.05) is 5.54 Å². The van der Waals surface area contributed by atoms with E-state index in [2.05, 4.69) is 52.0 Å². The zero-order chi connectivity index (χ0) is 15.5. The zero-order valence-corrected chi connectivity index (χ0v) is 14.4. The summed E-state index contributed by atoms with van der Waals surface area (Å²) in [7, 11) is 0. The quantitative estimate of drug-likeness (QED) is 0.728. The van der Waals surface area contributed by atoms with Gasteiger partial charge in [-0.25, -0.2) is 0 Å². The molecule has 1 saturated carbocycles. The van der Waals surface area contributed by atoms with Gasteiger partial charge in [0.1, 0.15) is 0 Å². The Morgan fingerprint density at radius 1 is 1.10 bits per heavy atom. The van der Waals surface area contributed by atoms with E-state index in [4.69, 9.17) is 5.73 Å². The first-order valence-corrected chi connectivity index (χ1v) is 8.75. The minimum atomic E-state index is -0.0983. The molecular weight excluding hydrogens is 254 g/mol. The lowest BCUT2D eigenvalue weighted by molar-refractivity contribution is 0.367. The second-order valence-corrected chi connectivity index (χ2v) is 8.07. The van der Waals surface area contributed by atoms with Crippen LogP contribution < -0.4 is 5.73 Å². The molecule has 0 aliphatic heterocycles. The van der Waals surface area contributed by atoms with Gasteiger partial charge in [-0.3, -0.25) is 0 Å². The SMILES string of the molecule is CCCC1CCCC(N)(c2ccc(C(C)(C)C)cc2)CC1. The van der Waals surface area contributed by atoms with Gasteiger partial charge in [0.05, 0.1) is 0 Å². The lowest BCUT2D eigenvalue weighted by Crippen LogP contribution is -2.36. The third kappa shape index (κ3) is 4.10. The fraction of sp³-hybridized carbons (Fsp3) is 0.700. The van der Waals surface area contributed by atoms with Crippen LogP contribution in [0.25, 0.3) is 0 Å². The van der Waals surface area contributed by atoms with Crippen molar-refractivity contribution in [3.63, 3.8) is 0 Å². The first-order valence-electron chi connectivity index (χ1n) is 8.75. The topological polar surface area (TPSA) is 26.0 Å². The molecule has 0 heterocycles. The second kappa shape index (κ2) is 6.52. The molecule has 1 nitrogen and oxygen atoms in total. The van der Waals surface area contributed by atoms with Crippen molar-refractivity contribution in [1.82, 2.24) is 0 Å². The summed E-state index contributed by atoms with van der Waals surface area (Å²) in [6.07, 6.45) is 8.91. The molecule has 0 spiro atoms. The van der Waals surface area contributed by atoms with E-state index in [0.29, 0.717) is 0 Å². The normalized spacial score (nSPS) is 27.4. The van der Waals surface area contributed by atoms with E-state index in [1.54, 1.807) is 0 Å². The number of hydrogen-bond acceptors (Lipinski definition) is 1. The first-order chi connectivity index (χ1) is 9.85. The zero-order valence-electron chi connectivity index (χ0n) is 14.4. The van der Waals surface area contributed by atoms with Crippen LogP contribution in [-0.2, 0) is 11.0 Å². The highest BCUT2D eigenvalue weighted by atomic mass is 14.7. The molecule has 2 N–H and O–H groups in total. The Morgan fingerprint density at radius 3 is 2.33 bits per heavy atom. The molecule has 0 radical (unpaired) electrons. The Bertz CT molecular complexity index is 440. The maximum Gasteiger partial charge on any atom is 0.0409 e. The monoisotopic (exact) mass is 287 g/mol. The Morgan fingerprint density at radius 2 is 1.76 bits per heavy atom. The van der Waals surface area contributed by atoms with Gasteiger partial charge >= 0.3 is 0 Å². The summed E-state index contributed by atoms with van der Waals surface area (Å²) in [6, 6.07) is 9.11. The van der Waals surface area contributed by atoms with Gasteiger partial charge in [-0.2, -0.15) is 0 Å². The molecule has 1 aromatic carbocycles. The van der Waals surface area contributed by atoms with Crippen LogP contribution >= 0.6 is 0 Å². The lowest BCUT2D eigenvalue weighted by atomic mass is 9.80. The van der Waals surface area contributed by atoms with E-state index in [9.17, 15) is 0 Å². The molecule has 1 aliphatic rings. The van der Waals surface area contributed by atoms with E-state index in [0.717, 1.165) is 18.8 Å². The van der Waals surface area contributed by atoms with Crippen LogP contribution in [-0.4, -0.2) is 0 Å². The van der Waals surface area contributed by atoms with Gasteiger partial charge in [0.25, 0.3) is 0 Å². The highest BCUT2D eigenvalue weighted by molar-refractivity contribution is 5.31. The van der Waals surface area contributed by atoms with Crippen LogP contribution in [0.15, 0.2) is 24.3 Å². The molecule has 2 rings (SSSR count). The van der Waals surface area contributed by atoms with Crippen molar-refractivity contribution in [3.8, 4) is 0 Å². The molecule has 118 valence electrons. The van der Waals surface area contributed by atoms with Crippen molar-refractivity contribution in [2.24, 2.45) is 11.7 Å². The van der Waals surface area contributed by atoms with E-state index in [1.165, 1.54) is 43.2 Å². The Hall–Kier alpha value is -0.820. The van der Waals surface area contributed by atoms with E-state index in [-0.39, 0.29) is 11.0 Å². The largest absolute Gasteiger partial charge is 0.321 e. The summed E-state index contributed by atoms with van der Waals surface area (Å²) in [4.78, 5) is 0. The second-order valence-electron chi connectivity index (χ2n) is 8.07. The molecule has 0 amide bonds. The van der Waals surface area contributed by atoms with Crippen LogP contribution in [0.1, 0.15) is 83.8 Å². The summed E-state index contributed by atoms with van der Waals surface area (Å²) in [5.41, 5.74) is 9.65. The van der Waals surface area contributed by atoms with Crippen molar-refractivity contribution < 1.29 is 0 Å². The van der Waals surface area contributed by atoms with Crippen LogP contribution in [0.3, 0.4) is 0 Å². The predicted molar refractivity (Wildman–Crippen MR) is 92.5 cm³/mol. The number of hydrogen-bond donors (Lipinski definition) is 1. The minimum absolute atomic E-state index is 0.0983. The molecule has 2 atom stereocenters. The summed E-state index contributed by atoms with van der Waals surface area (Å²) in [6.45, 7) is 9.09. The van der Waals surface area contributed by atoms with E-state index >= 15 is 0 Å². The summed E-state index contributed by atoms with van der Waals surface area (Å²) in [5.74, 6) is 0.897. The van der Waals surface area contributed by atoms with Crippen LogP contribution in [0, 0.1) is 5.92 Å². The summed E-state index contributed by atoms with van der Waals surface area (Å²) in [5, 5.41) is 0. The highest BCUT2D eigenvalue weighted by Crippen LogP contribution is 2.37. The molecule has 0 aromatic heterocycles. The Kier molecular flexibility index (Phi) is 5.14. The van der Waals surface area contributed by atoms with E-state index < -0.39 is 0 Å². The van der Waals surface area contributed by atoms with Gasteiger partial charge < -0.3 is 5.73 Å². The Balaban J connectivity index is 2.12. The molecule has 0 bridgehead atoms. The molecule has 1 aromatic rings. The molecule has 1 aliphatic carbocycles. The smallest absolute Gasteiger partial charge is 0.0409 e. The van der Waals surface area contributed by atoms with Crippen LogP contribution in [0.5, 0.6) is 0 Å². The number of benzene rings is 1. The van der Waals surface area contributed by atoms with Crippen molar-refractivity contribution in [2.45, 2.75) is 83.6 Å². The van der Waals surface area contributed by atoms with Gasteiger partial charge in [-0.15, -0.1) is 0 Å². The first kappa shape index (κ1) is 16.5. The lowest BCUT2D eigenvalue weighted by Gasteiger charge is -2.30.